The minimum atomic E-state index is -3.15. The van der Waals surface area contributed by atoms with E-state index in [1.54, 1.807) is 4.90 Å². The van der Waals surface area contributed by atoms with Crippen molar-refractivity contribution in [2.24, 2.45) is 0 Å². The number of aliphatic carboxylic acids is 1. The van der Waals surface area contributed by atoms with Crippen LogP contribution in [0.1, 0.15) is 5.69 Å². The molecule has 0 radical (unpaired) electrons. The fraction of sp³-hybridized carbons (Fsp3) is 0.444. The van der Waals surface area contributed by atoms with E-state index in [-0.39, 0.29) is 30.1 Å². The summed E-state index contributed by atoms with van der Waals surface area (Å²) < 4.78 is 24.4. The lowest BCUT2D eigenvalue weighted by Crippen LogP contribution is -2.59. The molecule has 0 saturated carbocycles. The van der Waals surface area contributed by atoms with E-state index in [1.807, 2.05) is 36.4 Å². The van der Waals surface area contributed by atoms with Crippen LogP contribution in [0.15, 0.2) is 36.4 Å². The Morgan fingerprint density at radius 1 is 1.08 bits per heavy atom. The van der Waals surface area contributed by atoms with Gasteiger partial charge in [-0.3, -0.25) is 19.6 Å². The van der Waals surface area contributed by atoms with Crippen molar-refractivity contribution in [2.45, 2.75) is 18.6 Å². The van der Waals surface area contributed by atoms with Crippen LogP contribution in [0.2, 0.25) is 0 Å². The summed E-state index contributed by atoms with van der Waals surface area (Å²) in [6, 6.07) is 11.5. The summed E-state index contributed by atoms with van der Waals surface area (Å²) in [4.78, 5) is 19.7. The van der Waals surface area contributed by atoms with E-state index < -0.39 is 15.8 Å². The number of rotatable bonds is 4. The first-order valence-corrected chi connectivity index (χ1v) is 10.5. The Kier molecular flexibility index (Phi) is 4.42. The monoisotopic (exact) mass is 375 g/mol. The molecule has 2 aliphatic heterocycles. The molecule has 1 aromatic heterocycles. The standard InChI is InChI=1S/C18H21N3O4S/c22-18(23)10-21-8-7-20(16-11-26(24,25)12-17(16)21)9-14-6-5-13-3-1-2-4-15(13)19-14/h1-6,16-17H,7-12H2,(H,22,23)/t16-,17+/m1/s1. The highest BCUT2D eigenvalue weighted by molar-refractivity contribution is 7.91. The third kappa shape index (κ3) is 3.44. The molecule has 1 aromatic carbocycles. The Balaban J connectivity index is 1.57. The van der Waals surface area contributed by atoms with Crippen LogP contribution in [-0.4, -0.2) is 77.5 Å². The first-order valence-electron chi connectivity index (χ1n) is 8.66. The van der Waals surface area contributed by atoms with E-state index in [9.17, 15) is 13.2 Å². The fourth-order valence-electron chi connectivity index (χ4n) is 4.07. The molecule has 4 rings (SSSR count). The van der Waals surface area contributed by atoms with Gasteiger partial charge >= 0.3 is 5.97 Å². The summed E-state index contributed by atoms with van der Waals surface area (Å²) in [5.41, 5.74) is 1.82. The van der Waals surface area contributed by atoms with Crippen molar-refractivity contribution >= 4 is 26.7 Å². The molecule has 3 heterocycles. The molecule has 2 fully saturated rings. The number of para-hydroxylation sites is 1. The predicted octanol–water partition coefficient (Wildman–Crippen LogP) is 0.603. The lowest BCUT2D eigenvalue weighted by molar-refractivity contribution is -0.139. The fourth-order valence-corrected chi connectivity index (χ4v) is 6.11. The number of carboxylic acid groups (broad SMARTS) is 1. The molecule has 0 bridgehead atoms. The van der Waals surface area contributed by atoms with E-state index in [2.05, 4.69) is 9.88 Å². The maximum atomic E-state index is 12.2. The highest BCUT2D eigenvalue weighted by Gasteiger charge is 2.46. The van der Waals surface area contributed by atoms with Gasteiger partial charge in [-0.2, -0.15) is 0 Å². The summed E-state index contributed by atoms with van der Waals surface area (Å²) in [6.07, 6.45) is 0. The molecule has 0 unspecified atom stereocenters. The van der Waals surface area contributed by atoms with Gasteiger partial charge in [0.25, 0.3) is 0 Å². The molecule has 2 aliphatic rings. The number of sulfone groups is 1. The topological polar surface area (TPSA) is 90.8 Å². The van der Waals surface area contributed by atoms with E-state index in [0.29, 0.717) is 19.6 Å². The number of carboxylic acids is 1. The second kappa shape index (κ2) is 6.61. The van der Waals surface area contributed by atoms with Gasteiger partial charge in [0.15, 0.2) is 9.84 Å². The Bertz CT molecular complexity index is 946. The highest BCUT2D eigenvalue weighted by atomic mass is 32.2. The van der Waals surface area contributed by atoms with Crippen LogP contribution in [0.5, 0.6) is 0 Å². The molecule has 2 atom stereocenters. The zero-order valence-electron chi connectivity index (χ0n) is 14.3. The molecular weight excluding hydrogens is 354 g/mol. The quantitative estimate of drug-likeness (QED) is 0.837. The molecule has 2 saturated heterocycles. The molecule has 2 aromatic rings. The number of aromatic nitrogens is 1. The molecule has 0 spiro atoms. The van der Waals surface area contributed by atoms with Crippen molar-refractivity contribution in [1.29, 1.82) is 0 Å². The van der Waals surface area contributed by atoms with Crippen molar-refractivity contribution in [1.82, 2.24) is 14.8 Å². The van der Waals surface area contributed by atoms with E-state index >= 15 is 0 Å². The molecule has 0 aliphatic carbocycles. The third-order valence-electron chi connectivity index (χ3n) is 5.27. The van der Waals surface area contributed by atoms with E-state index in [1.165, 1.54) is 0 Å². The summed E-state index contributed by atoms with van der Waals surface area (Å²) in [6.45, 7) is 1.65. The number of hydrogen-bond acceptors (Lipinski definition) is 6. The Hall–Kier alpha value is -2.03. The number of hydrogen-bond donors (Lipinski definition) is 1. The minimum absolute atomic E-state index is 0.0343. The smallest absolute Gasteiger partial charge is 0.317 e. The van der Waals surface area contributed by atoms with Crippen LogP contribution < -0.4 is 0 Å². The molecule has 138 valence electrons. The third-order valence-corrected chi connectivity index (χ3v) is 6.96. The maximum absolute atomic E-state index is 12.2. The average Bonchev–Trinajstić information content (AvgIpc) is 2.92. The number of fused-ring (bicyclic) bond motifs is 2. The first-order chi connectivity index (χ1) is 12.4. The lowest BCUT2D eigenvalue weighted by atomic mass is 10.0. The van der Waals surface area contributed by atoms with E-state index in [0.717, 1.165) is 16.6 Å². The van der Waals surface area contributed by atoms with Crippen LogP contribution in [0.25, 0.3) is 10.9 Å². The number of benzene rings is 1. The molecule has 1 N–H and O–H groups in total. The van der Waals surface area contributed by atoms with Crippen molar-refractivity contribution in [3.8, 4) is 0 Å². The summed E-state index contributed by atoms with van der Waals surface area (Å²) in [5, 5.41) is 10.2. The summed E-state index contributed by atoms with van der Waals surface area (Å²) >= 11 is 0. The van der Waals surface area contributed by atoms with Gasteiger partial charge in [-0.05, 0) is 12.1 Å². The highest BCUT2D eigenvalue weighted by Crippen LogP contribution is 2.28. The van der Waals surface area contributed by atoms with Crippen molar-refractivity contribution in [2.75, 3.05) is 31.1 Å². The van der Waals surface area contributed by atoms with Gasteiger partial charge in [-0.1, -0.05) is 24.3 Å². The largest absolute Gasteiger partial charge is 0.480 e. The van der Waals surface area contributed by atoms with Gasteiger partial charge in [0.2, 0.25) is 0 Å². The number of carbonyl (C=O) groups is 1. The van der Waals surface area contributed by atoms with Gasteiger partial charge in [0, 0.05) is 37.1 Å². The Morgan fingerprint density at radius 3 is 2.54 bits per heavy atom. The number of nitrogens with zero attached hydrogens (tertiary/aromatic N) is 3. The SMILES string of the molecule is O=C(O)CN1CCN(Cc2ccc3ccccc3n2)[C@@H]2CS(=O)(=O)C[C@@H]21. The second-order valence-electron chi connectivity index (χ2n) is 7.04. The van der Waals surface area contributed by atoms with Crippen LogP contribution in [0.3, 0.4) is 0 Å². The van der Waals surface area contributed by atoms with Gasteiger partial charge in [-0.25, -0.2) is 8.42 Å². The van der Waals surface area contributed by atoms with Crippen LogP contribution >= 0.6 is 0 Å². The molecule has 0 amide bonds. The maximum Gasteiger partial charge on any atom is 0.317 e. The normalized spacial score (nSPS) is 26.0. The Labute approximate surface area is 152 Å². The zero-order valence-corrected chi connectivity index (χ0v) is 15.1. The molecular formula is C18H21N3O4S. The predicted molar refractivity (Wildman–Crippen MR) is 97.6 cm³/mol. The van der Waals surface area contributed by atoms with Crippen molar-refractivity contribution in [3.05, 3.63) is 42.1 Å². The second-order valence-corrected chi connectivity index (χ2v) is 9.20. The van der Waals surface area contributed by atoms with Crippen LogP contribution in [0, 0.1) is 0 Å². The number of pyridine rings is 1. The lowest BCUT2D eigenvalue weighted by Gasteiger charge is -2.43. The minimum Gasteiger partial charge on any atom is -0.480 e. The first kappa shape index (κ1) is 17.4. The summed E-state index contributed by atoms with van der Waals surface area (Å²) in [7, 11) is -3.15. The average molecular weight is 375 g/mol. The van der Waals surface area contributed by atoms with Crippen LogP contribution in [-0.2, 0) is 21.2 Å². The molecule has 7 nitrogen and oxygen atoms in total. The van der Waals surface area contributed by atoms with Gasteiger partial charge in [-0.15, -0.1) is 0 Å². The van der Waals surface area contributed by atoms with Gasteiger partial charge in [0.1, 0.15) is 0 Å². The molecule has 26 heavy (non-hydrogen) atoms. The van der Waals surface area contributed by atoms with Crippen molar-refractivity contribution < 1.29 is 18.3 Å². The van der Waals surface area contributed by atoms with Gasteiger partial charge < -0.3 is 5.11 Å². The zero-order chi connectivity index (χ0) is 18.3. The van der Waals surface area contributed by atoms with Gasteiger partial charge in [0.05, 0.1) is 29.3 Å². The number of piperazine rings is 1. The van der Waals surface area contributed by atoms with Crippen molar-refractivity contribution in [3.63, 3.8) is 0 Å². The van der Waals surface area contributed by atoms with Crippen LogP contribution in [0.4, 0.5) is 0 Å². The molecule has 8 heteroatoms. The Morgan fingerprint density at radius 2 is 1.77 bits per heavy atom. The summed E-state index contributed by atoms with van der Waals surface area (Å²) in [5.74, 6) is -0.800. The van der Waals surface area contributed by atoms with E-state index in [4.69, 9.17) is 5.11 Å².